The van der Waals surface area contributed by atoms with E-state index < -0.39 is 9.84 Å². The molecule has 0 saturated carbocycles. The molecule has 0 amide bonds. The first-order valence-electron chi connectivity index (χ1n) is 6.28. The zero-order valence-electron chi connectivity index (χ0n) is 11.8. The van der Waals surface area contributed by atoms with Gasteiger partial charge in [-0.15, -0.1) is 0 Å². The molecule has 1 aromatic heterocycles. The molecule has 0 radical (unpaired) electrons. The van der Waals surface area contributed by atoms with Gasteiger partial charge in [0.1, 0.15) is 21.3 Å². The van der Waals surface area contributed by atoms with E-state index in [2.05, 4.69) is 5.10 Å². The fourth-order valence-corrected chi connectivity index (χ4v) is 2.47. The minimum atomic E-state index is -3.08. The van der Waals surface area contributed by atoms with Crippen LogP contribution in [0.3, 0.4) is 0 Å². The van der Waals surface area contributed by atoms with Crippen LogP contribution in [0.25, 0.3) is 11.3 Å². The van der Waals surface area contributed by atoms with Gasteiger partial charge in [-0.3, -0.25) is 9.48 Å². The summed E-state index contributed by atoms with van der Waals surface area (Å²) in [4.78, 5) is 11.2. The third kappa shape index (κ3) is 3.69. The van der Waals surface area contributed by atoms with Gasteiger partial charge in [0.05, 0.1) is 25.0 Å². The quantitative estimate of drug-likeness (QED) is 0.754. The van der Waals surface area contributed by atoms with E-state index in [0.29, 0.717) is 28.9 Å². The highest BCUT2D eigenvalue weighted by molar-refractivity contribution is 7.90. The Morgan fingerprint density at radius 1 is 1.33 bits per heavy atom. The molecule has 6 nitrogen and oxygen atoms in total. The number of sulfone groups is 1. The van der Waals surface area contributed by atoms with Gasteiger partial charge in [-0.2, -0.15) is 5.10 Å². The Morgan fingerprint density at radius 2 is 2.05 bits per heavy atom. The molecule has 2 rings (SSSR count). The number of ether oxygens (including phenoxy) is 1. The molecule has 1 aromatic carbocycles. The summed E-state index contributed by atoms with van der Waals surface area (Å²) in [5, 5.41) is 4.30. The zero-order valence-corrected chi connectivity index (χ0v) is 12.6. The number of aromatic nitrogens is 2. The first-order valence-corrected chi connectivity index (χ1v) is 8.34. The SMILES string of the molecule is COc1ccccc1-c1nn(CCS(C)(=O)=O)cc1C=O. The van der Waals surface area contributed by atoms with E-state index in [1.54, 1.807) is 25.4 Å². The van der Waals surface area contributed by atoms with Crippen LogP contribution in [0.2, 0.25) is 0 Å². The van der Waals surface area contributed by atoms with Crippen molar-refractivity contribution >= 4 is 16.1 Å². The second-order valence-electron chi connectivity index (χ2n) is 4.64. The number of nitrogens with zero attached hydrogens (tertiary/aromatic N) is 2. The van der Waals surface area contributed by atoms with Crippen LogP contribution in [-0.4, -0.2) is 43.6 Å². The summed E-state index contributed by atoms with van der Waals surface area (Å²) < 4.78 is 29.1. The molecule has 0 aliphatic heterocycles. The van der Waals surface area contributed by atoms with Gasteiger partial charge in [0.2, 0.25) is 0 Å². The number of hydrogen-bond acceptors (Lipinski definition) is 5. The predicted molar refractivity (Wildman–Crippen MR) is 79.3 cm³/mol. The summed E-state index contributed by atoms with van der Waals surface area (Å²) in [5.74, 6) is 0.576. The number of aldehydes is 1. The lowest BCUT2D eigenvalue weighted by Crippen LogP contribution is -2.11. The zero-order chi connectivity index (χ0) is 15.5. The van der Waals surface area contributed by atoms with Gasteiger partial charge in [0, 0.05) is 18.0 Å². The number of hydrogen-bond donors (Lipinski definition) is 0. The molecule has 112 valence electrons. The van der Waals surface area contributed by atoms with Crippen molar-refractivity contribution < 1.29 is 17.9 Å². The molecule has 0 bridgehead atoms. The smallest absolute Gasteiger partial charge is 0.153 e. The van der Waals surface area contributed by atoms with Crippen LogP contribution in [0.5, 0.6) is 5.75 Å². The van der Waals surface area contributed by atoms with Crippen molar-refractivity contribution in [3.63, 3.8) is 0 Å². The number of benzene rings is 1. The Bertz CT molecular complexity index is 750. The van der Waals surface area contributed by atoms with E-state index in [4.69, 9.17) is 4.74 Å². The molecule has 0 saturated heterocycles. The normalized spacial score (nSPS) is 11.3. The summed E-state index contributed by atoms with van der Waals surface area (Å²) in [6.07, 6.45) is 3.41. The molecule has 0 aliphatic rings. The molecule has 0 spiro atoms. The number of aryl methyl sites for hydroxylation is 1. The highest BCUT2D eigenvalue weighted by Crippen LogP contribution is 2.30. The minimum absolute atomic E-state index is 0.0294. The third-order valence-corrected chi connectivity index (χ3v) is 3.89. The summed E-state index contributed by atoms with van der Waals surface area (Å²) >= 11 is 0. The number of rotatable bonds is 6. The van der Waals surface area contributed by atoms with E-state index in [-0.39, 0.29) is 12.3 Å². The van der Waals surface area contributed by atoms with Crippen LogP contribution in [-0.2, 0) is 16.4 Å². The Balaban J connectivity index is 2.40. The van der Waals surface area contributed by atoms with E-state index >= 15 is 0 Å². The average Bonchev–Trinajstić information content (AvgIpc) is 2.87. The Labute approximate surface area is 123 Å². The minimum Gasteiger partial charge on any atom is -0.496 e. The molecule has 0 unspecified atom stereocenters. The molecule has 7 heteroatoms. The second kappa shape index (κ2) is 6.09. The van der Waals surface area contributed by atoms with E-state index in [9.17, 15) is 13.2 Å². The topological polar surface area (TPSA) is 78.3 Å². The van der Waals surface area contributed by atoms with Crippen LogP contribution >= 0.6 is 0 Å². The standard InChI is InChI=1S/C14H16N2O4S/c1-20-13-6-4-3-5-12(13)14-11(10-17)9-16(15-14)7-8-21(2,18)19/h3-6,9-10H,7-8H2,1-2H3. The summed E-state index contributed by atoms with van der Waals surface area (Å²) in [5.41, 5.74) is 1.57. The van der Waals surface area contributed by atoms with Gasteiger partial charge in [-0.25, -0.2) is 8.42 Å². The maximum atomic E-state index is 11.2. The van der Waals surface area contributed by atoms with Crippen LogP contribution in [0.1, 0.15) is 10.4 Å². The molecule has 0 N–H and O–H groups in total. The average molecular weight is 308 g/mol. The summed E-state index contributed by atoms with van der Waals surface area (Å²) in [7, 11) is -1.54. The van der Waals surface area contributed by atoms with Crippen molar-refractivity contribution in [2.75, 3.05) is 19.1 Å². The van der Waals surface area contributed by atoms with Crippen molar-refractivity contribution in [2.45, 2.75) is 6.54 Å². The fourth-order valence-electron chi connectivity index (χ4n) is 1.95. The molecular weight excluding hydrogens is 292 g/mol. The van der Waals surface area contributed by atoms with Gasteiger partial charge in [0.15, 0.2) is 6.29 Å². The van der Waals surface area contributed by atoms with Gasteiger partial charge >= 0.3 is 0 Å². The molecule has 21 heavy (non-hydrogen) atoms. The van der Waals surface area contributed by atoms with Crippen LogP contribution in [0.4, 0.5) is 0 Å². The lowest BCUT2D eigenvalue weighted by Gasteiger charge is -2.06. The van der Waals surface area contributed by atoms with E-state index in [1.807, 2.05) is 12.1 Å². The highest BCUT2D eigenvalue weighted by atomic mass is 32.2. The molecule has 0 aliphatic carbocycles. The van der Waals surface area contributed by atoms with E-state index in [1.165, 1.54) is 4.68 Å². The van der Waals surface area contributed by atoms with Gasteiger partial charge in [0.25, 0.3) is 0 Å². The maximum Gasteiger partial charge on any atom is 0.153 e. The number of carbonyl (C=O) groups excluding carboxylic acids is 1. The van der Waals surface area contributed by atoms with Crippen LogP contribution in [0, 0.1) is 0 Å². The summed E-state index contributed by atoms with van der Waals surface area (Å²) in [6, 6.07) is 7.22. The lowest BCUT2D eigenvalue weighted by atomic mass is 10.1. The Morgan fingerprint density at radius 3 is 2.67 bits per heavy atom. The molecule has 2 aromatic rings. The predicted octanol–water partition coefficient (Wildman–Crippen LogP) is 1.42. The molecule has 1 heterocycles. The third-order valence-electron chi connectivity index (χ3n) is 2.97. The molecular formula is C14H16N2O4S. The molecule has 0 atom stereocenters. The van der Waals surface area contributed by atoms with Crippen LogP contribution < -0.4 is 4.74 Å². The first kappa shape index (κ1) is 15.2. The van der Waals surface area contributed by atoms with Crippen molar-refractivity contribution in [2.24, 2.45) is 0 Å². The lowest BCUT2D eigenvalue weighted by molar-refractivity contribution is 0.112. The van der Waals surface area contributed by atoms with E-state index in [0.717, 1.165) is 6.26 Å². The molecule has 0 fully saturated rings. The Hall–Kier alpha value is -2.15. The van der Waals surface area contributed by atoms with Crippen molar-refractivity contribution in [3.05, 3.63) is 36.0 Å². The van der Waals surface area contributed by atoms with Crippen molar-refractivity contribution in [1.82, 2.24) is 9.78 Å². The maximum absolute atomic E-state index is 11.2. The van der Waals surface area contributed by atoms with Gasteiger partial charge in [-0.1, -0.05) is 12.1 Å². The fraction of sp³-hybridized carbons (Fsp3) is 0.286. The number of carbonyl (C=O) groups is 1. The van der Waals surface area contributed by atoms with Crippen molar-refractivity contribution in [3.8, 4) is 17.0 Å². The number of para-hydroxylation sites is 1. The van der Waals surface area contributed by atoms with Gasteiger partial charge < -0.3 is 4.74 Å². The largest absolute Gasteiger partial charge is 0.496 e. The highest BCUT2D eigenvalue weighted by Gasteiger charge is 2.15. The first-order chi connectivity index (χ1) is 9.94. The number of methoxy groups -OCH3 is 1. The van der Waals surface area contributed by atoms with Crippen LogP contribution in [0.15, 0.2) is 30.5 Å². The summed E-state index contributed by atoms with van der Waals surface area (Å²) in [6.45, 7) is 0.203. The Kier molecular flexibility index (Phi) is 4.42. The van der Waals surface area contributed by atoms with Crippen molar-refractivity contribution in [1.29, 1.82) is 0 Å². The monoisotopic (exact) mass is 308 g/mol. The second-order valence-corrected chi connectivity index (χ2v) is 6.90. The van der Waals surface area contributed by atoms with Gasteiger partial charge in [-0.05, 0) is 12.1 Å².